The van der Waals surface area contributed by atoms with Crippen molar-refractivity contribution >= 4 is 29.2 Å². The van der Waals surface area contributed by atoms with Crippen molar-refractivity contribution in [2.24, 2.45) is 11.5 Å². The molecule has 5 N–H and O–H groups in total. The number of urea groups is 1. The van der Waals surface area contributed by atoms with Crippen molar-refractivity contribution in [3.8, 4) is 0 Å². The Bertz CT molecular complexity index is 733. The molecule has 140 valence electrons. The van der Waals surface area contributed by atoms with E-state index in [9.17, 15) is 18.8 Å². The van der Waals surface area contributed by atoms with Gasteiger partial charge in [-0.15, -0.1) is 0 Å². The average Bonchev–Trinajstić information content (AvgIpc) is 2.58. The Balaban J connectivity index is 1.71. The van der Waals surface area contributed by atoms with Crippen LogP contribution >= 0.6 is 0 Å². The second-order valence-corrected chi connectivity index (χ2v) is 6.63. The maximum atomic E-state index is 14.5. The number of rotatable bonds is 3. The van der Waals surface area contributed by atoms with E-state index in [1.807, 2.05) is 4.90 Å². The van der Waals surface area contributed by atoms with E-state index in [4.69, 9.17) is 11.5 Å². The zero-order valence-electron chi connectivity index (χ0n) is 14.3. The van der Waals surface area contributed by atoms with Crippen molar-refractivity contribution in [1.82, 2.24) is 4.90 Å². The zero-order valence-corrected chi connectivity index (χ0v) is 14.3. The van der Waals surface area contributed by atoms with Gasteiger partial charge < -0.3 is 21.7 Å². The maximum Gasteiger partial charge on any atom is 0.328 e. The number of halogens is 1. The molecule has 0 saturated carbocycles. The van der Waals surface area contributed by atoms with E-state index in [1.165, 1.54) is 6.07 Å². The molecule has 0 aromatic heterocycles. The molecule has 9 heteroatoms. The molecule has 3 rings (SSSR count). The number of benzene rings is 1. The van der Waals surface area contributed by atoms with Crippen molar-refractivity contribution in [3.05, 3.63) is 24.0 Å². The van der Waals surface area contributed by atoms with Gasteiger partial charge in [0.2, 0.25) is 5.91 Å². The first-order valence-electron chi connectivity index (χ1n) is 8.59. The van der Waals surface area contributed by atoms with Gasteiger partial charge in [-0.05, 0) is 37.5 Å². The van der Waals surface area contributed by atoms with Crippen molar-refractivity contribution < 1.29 is 18.8 Å². The molecular weight excluding hydrogens is 341 g/mol. The molecular formula is C17H22FN5O3. The summed E-state index contributed by atoms with van der Waals surface area (Å²) in [4.78, 5) is 37.5. The molecule has 1 unspecified atom stereocenters. The van der Waals surface area contributed by atoms with Crippen LogP contribution in [0, 0.1) is 5.82 Å². The number of carbonyl (C=O) groups is 3. The molecule has 26 heavy (non-hydrogen) atoms. The normalized spacial score (nSPS) is 21.8. The number of carbonyl (C=O) groups excluding carboxylic acids is 3. The summed E-state index contributed by atoms with van der Waals surface area (Å²) in [6.07, 6.45) is 1.86. The Morgan fingerprint density at radius 3 is 2.50 bits per heavy atom. The number of likely N-dealkylation sites (tertiary alicyclic amines) is 1. The third-order valence-electron chi connectivity index (χ3n) is 4.80. The fourth-order valence-electron chi connectivity index (χ4n) is 3.34. The van der Waals surface area contributed by atoms with Gasteiger partial charge >= 0.3 is 6.03 Å². The highest BCUT2D eigenvalue weighted by Crippen LogP contribution is 2.27. The van der Waals surface area contributed by atoms with E-state index >= 15 is 0 Å². The Morgan fingerprint density at radius 1 is 1.19 bits per heavy atom. The summed E-state index contributed by atoms with van der Waals surface area (Å²) in [6.45, 7) is 1.39. The number of piperidine rings is 2. The smallest absolute Gasteiger partial charge is 0.328 e. The van der Waals surface area contributed by atoms with Crippen LogP contribution in [0.1, 0.15) is 25.7 Å². The Hall–Kier alpha value is -2.68. The number of nitrogens with two attached hydrogens (primary N) is 2. The second-order valence-electron chi connectivity index (χ2n) is 6.63. The molecule has 0 radical (unpaired) electrons. The average molecular weight is 363 g/mol. The van der Waals surface area contributed by atoms with E-state index in [0.29, 0.717) is 29.4 Å². The predicted octanol–water partition coefficient (Wildman–Crippen LogP) is 0.761. The molecule has 2 saturated heterocycles. The van der Waals surface area contributed by atoms with Gasteiger partial charge in [-0.2, -0.15) is 4.90 Å². The van der Waals surface area contributed by atoms with Gasteiger partial charge in [-0.1, -0.05) is 0 Å². The first-order chi connectivity index (χ1) is 12.4. The lowest BCUT2D eigenvalue weighted by Crippen LogP contribution is -2.54. The van der Waals surface area contributed by atoms with Crippen LogP contribution in [0.15, 0.2) is 18.2 Å². The highest BCUT2D eigenvalue weighted by molar-refractivity contribution is 6.13. The van der Waals surface area contributed by atoms with Crippen LogP contribution in [0.4, 0.5) is 20.6 Å². The van der Waals surface area contributed by atoms with Crippen molar-refractivity contribution in [1.29, 1.82) is 0 Å². The molecule has 2 fully saturated rings. The monoisotopic (exact) mass is 363 g/mol. The summed E-state index contributed by atoms with van der Waals surface area (Å²) < 4.78 is 14.5. The summed E-state index contributed by atoms with van der Waals surface area (Å²) in [5.41, 5.74) is 11.8. The third kappa shape index (κ3) is 3.62. The third-order valence-corrected chi connectivity index (χ3v) is 4.80. The summed E-state index contributed by atoms with van der Waals surface area (Å²) >= 11 is 0. The van der Waals surface area contributed by atoms with Crippen LogP contribution in [0.3, 0.4) is 0 Å². The topological polar surface area (TPSA) is 122 Å². The SMILES string of the molecule is NC(=O)N1C(=O)CCC(Nc2ccc(N3CCC(N)CC3)c(F)c2)C1=O. The number of nitrogens with zero attached hydrogens (tertiary/aromatic N) is 2. The van der Waals surface area contributed by atoms with Crippen molar-refractivity contribution in [3.63, 3.8) is 0 Å². The Morgan fingerprint density at radius 2 is 1.88 bits per heavy atom. The number of amides is 4. The molecule has 0 aliphatic carbocycles. The lowest BCUT2D eigenvalue weighted by atomic mass is 10.0. The van der Waals surface area contributed by atoms with Crippen LogP contribution in [-0.2, 0) is 9.59 Å². The quantitative estimate of drug-likeness (QED) is 0.682. The summed E-state index contributed by atoms with van der Waals surface area (Å²) in [7, 11) is 0. The van der Waals surface area contributed by atoms with Gasteiger partial charge in [0.05, 0.1) is 5.69 Å². The summed E-state index contributed by atoms with van der Waals surface area (Å²) in [5.74, 6) is -1.75. The van der Waals surface area contributed by atoms with Gasteiger partial charge in [0.25, 0.3) is 5.91 Å². The molecule has 0 bridgehead atoms. The highest BCUT2D eigenvalue weighted by Gasteiger charge is 2.37. The molecule has 0 spiro atoms. The van der Waals surface area contributed by atoms with Crippen molar-refractivity contribution in [2.45, 2.75) is 37.8 Å². The van der Waals surface area contributed by atoms with Crippen LogP contribution < -0.4 is 21.7 Å². The number of anilines is 2. The molecule has 8 nitrogen and oxygen atoms in total. The standard InChI is InChI=1S/C17H22FN5O3/c18-12-9-11(1-3-14(12)22-7-5-10(19)6-8-22)21-13-2-4-15(24)23(16(13)25)17(20)26/h1,3,9-10,13,21H,2,4-8,19H2,(H2,20,26). The van der Waals surface area contributed by atoms with Gasteiger partial charge in [0.1, 0.15) is 11.9 Å². The minimum absolute atomic E-state index is 0.0148. The van der Waals surface area contributed by atoms with E-state index in [-0.39, 0.29) is 18.9 Å². The number of nitrogens with one attached hydrogen (secondary N) is 1. The van der Waals surface area contributed by atoms with E-state index < -0.39 is 29.7 Å². The van der Waals surface area contributed by atoms with E-state index in [2.05, 4.69) is 5.32 Å². The van der Waals surface area contributed by atoms with Gasteiger partial charge in [0.15, 0.2) is 0 Å². The largest absolute Gasteiger partial charge is 0.374 e. The number of imide groups is 3. The van der Waals surface area contributed by atoms with Gasteiger partial charge in [0, 0.05) is 31.2 Å². The molecule has 1 aromatic carbocycles. The summed E-state index contributed by atoms with van der Waals surface area (Å²) in [5, 5.41) is 2.88. The molecule has 2 aliphatic heterocycles. The summed E-state index contributed by atoms with van der Waals surface area (Å²) in [6, 6.07) is 2.88. The Labute approximate surface area is 150 Å². The minimum atomic E-state index is -1.10. The second kappa shape index (κ2) is 7.28. The van der Waals surface area contributed by atoms with Crippen molar-refractivity contribution in [2.75, 3.05) is 23.3 Å². The Kier molecular flexibility index (Phi) is 5.08. The fraction of sp³-hybridized carbons (Fsp3) is 0.471. The predicted molar refractivity (Wildman–Crippen MR) is 93.9 cm³/mol. The number of hydrogen-bond donors (Lipinski definition) is 3. The van der Waals surface area contributed by atoms with Gasteiger partial charge in [-0.3, -0.25) is 9.59 Å². The first kappa shape index (κ1) is 18.1. The molecule has 2 aliphatic rings. The fourth-order valence-corrected chi connectivity index (χ4v) is 3.34. The highest BCUT2D eigenvalue weighted by atomic mass is 19.1. The number of hydrogen-bond acceptors (Lipinski definition) is 6. The lowest BCUT2D eigenvalue weighted by molar-refractivity contribution is -0.144. The van der Waals surface area contributed by atoms with Gasteiger partial charge in [-0.25, -0.2) is 9.18 Å². The minimum Gasteiger partial charge on any atom is -0.374 e. The van der Waals surface area contributed by atoms with Crippen LogP contribution in [0.25, 0.3) is 0 Å². The molecule has 1 aromatic rings. The first-order valence-corrected chi connectivity index (χ1v) is 8.59. The van der Waals surface area contributed by atoms with E-state index in [0.717, 1.165) is 12.8 Å². The van der Waals surface area contributed by atoms with E-state index in [1.54, 1.807) is 12.1 Å². The molecule has 2 heterocycles. The zero-order chi connectivity index (χ0) is 18.8. The number of primary amides is 1. The van der Waals surface area contributed by atoms with Crippen LogP contribution in [0.2, 0.25) is 0 Å². The molecule has 1 atom stereocenters. The maximum absolute atomic E-state index is 14.5. The van der Waals surface area contributed by atoms with Crippen LogP contribution in [0.5, 0.6) is 0 Å². The lowest BCUT2D eigenvalue weighted by Gasteiger charge is -2.32. The van der Waals surface area contributed by atoms with Crippen LogP contribution in [-0.4, -0.2) is 47.9 Å². The molecule has 4 amide bonds.